The van der Waals surface area contributed by atoms with Crippen LogP contribution in [0.15, 0.2) is 0 Å². The quantitative estimate of drug-likeness (QED) is 0.701. The molecule has 2 N–H and O–H groups in total. The van der Waals surface area contributed by atoms with Gasteiger partial charge in [-0.3, -0.25) is 10.4 Å². The van der Waals surface area contributed by atoms with Crippen LogP contribution < -0.4 is 0 Å². The molecule has 2 rings (SSSR count). The number of rotatable bonds is 4. The monoisotopic (exact) mass is 233 g/mol. The van der Waals surface area contributed by atoms with Crippen molar-refractivity contribution in [2.24, 2.45) is 11.8 Å². The van der Waals surface area contributed by atoms with Gasteiger partial charge in [-0.25, -0.2) is 4.84 Å². The summed E-state index contributed by atoms with van der Waals surface area (Å²) in [5.41, 5.74) is 0. The van der Waals surface area contributed by atoms with E-state index in [1.54, 1.807) is 0 Å². The maximum absolute atomic E-state index is 8.60. The van der Waals surface area contributed by atoms with Gasteiger partial charge in [0.1, 0.15) is 12.2 Å². The van der Waals surface area contributed by atoms with E-state index in [1.165, 1.54) is 0 Å². The molecule has 2 aliphatic heterocycles. The van der Waals surface area contributed by atoms with Gasteiger partial charge < -0.3 is 9.47 Å². The van der Waals surface area contributed by atoms with Crippen LogP contribution in [0.1, 0.15) is 20.3 Å². The Morgan fingerprint density at radius 2 is 1.94 bits per heavy atom. The Kier molecular flexibility index (Phi) is 3.78. The third-order valence-corrected chi connectivity index (χ3v) is 3.11. The number of hydrogen-bond acceptors (Lipinski definition) is 6. The van der Waals surface area contributed by atoms with E-state index >= 15 is 0 Å². The molecular formula is C10H19NO5. The molecule has 0 bridgehead atoms. The first-order valence-corrected chi connectivity index (χ1v) is 5.65. The molecule has 4 atom stereocenters. The fraction of sp³-hybridized carbons (Fsp3) is 1.00. The van der Waals surface area contributed by atoms with Crippen LogP contribution in [0.5, 0.6) is 0 Å². The Bertz CT molecular complexity index is 211. The molecular weight excluding hydrogens is 214 g/mol. The van der Waals surface area contributed by atoms with Gasteiger partial charge in [-0.2, -0.15) is 0 Å². The molecule has 0 spiro atoms. The average molecular weight is 233 g/mol. The fourth-order valence-corrected chi connectivity index (χ4v) is 2.56. The van der Waals surface area contributed by atoms with Gasteiger partial charge >= 0.3 is 0 Å². The highest BCUT2D eigenvalue weighted by molar-refractivity contribution is 4.94. The zero-order valence-electron chi connectivity index (χ0n) is 9.57. The molecule has 6 heteroatoms. The Morgan fingerprint density at radius 1 is 1.25 bits per heavy atom. The molecule has 0 amide bonds. The van der Waals surface area contributed by atoms with Crippen molar-refractivity contribution in [3.63, 3.8) is 0 Å². The molecule has 2 saturated heterocycles. The average Bonchev–Trinajstić information content (AvgIpc) is 2.70. The highest BCUT2D eigenvalue weighted by Gasteiger charge is 2.48. The summed E-state index contributed by atoms with van der Waals surface area (Å²) in [5, 5.41) is 16.9. The van der Waals surface area contributed by atoms with E-state index < -0.39 is 6.10 Å². The van der Waals surface area contributed by atoms with E-state index in [4.69, 9.17) is 24.7 Å². The van der Waals surface area contributed by atoms with E-state index in [1.807, 2.05) is 0 Å². The van der Waals surface area contributed by atoms with Crippen molar-refractivity contribution in [3.8, 4) is 0 Å². The molecule has 2 fully saturated rings. The Morgan fingerprint density at radius 3 is 2.56 bits per heavy atom. The van der Waals surface area contributed by atoms with E-state index in [0.717, 1.165) is 6.42 Å². The third-order valence-electron chi connectivity index (χ3n) is 3.11. The lowest BCUT2D eigenvalue weighted by Crippen LogP contribution is -2.35. The molecule has 4 unspecified atom stereocenters. The summed E-state index contributed by atoms with van der Waals surface area (Å²) in [6.45, 7) is 5.32. The molecule has 16 heavy (non-hydrogen) atoms. The molecule has 0 aromatic carbocycles. The molecule has 0 aromatic heterocycles. The Balaban J connectivity index is 1.90. The Hall–Kier alpha value is -0.240. The lowest BCUT2D eigenvalue weighted by molar-refractivity contribution is -0.507. The lowest BCUT2D eigenvalue weighted by atomic mass is 9.92. The largest absolute Gasteiger partial charge is 0.372 e. The van der Waals surface area contributed by atoms with Gasteiger partial charge in [0.15, 0.2) is 0 Å². The lowest BCUT2D eigenvalue weighted by Gasteiger charge is -2.18. The normalized spacial score (nSPS) is 38.6. The van der Waals surface area contributed by atoms with Crippen LogP contribution in [0.4, 0.5) is 0 Å². The summed E-state index contributed by atoms with van der Waals surface area (Å²) in [6, 6.07) is 0. The van der Waals surface area contributed by atoms with Crippen molar-refractivity contribution in [2.45, 2.75) is 38.6 Å². The van der Waals surface area contributed by atoms with Gasteiger partial charge in [0.2, 0.25) is 0 Å². The third kappa shape index (κ3) is 2.53. The summed E-state index contributed by atoms with van der Waals surface area (Å²) in [6.07, 6.45) is 0.450. The smallest absolute Gasteiger partial charge is 0.136 e. The van der Waals surface area contributed by atoms with E-state index in [-0.39, 0.29) is 17.6 Å². The van der Waals surface area contributed by atoms with Gasteiger partial charge in [0.25, 0.3) is 0 Å². The van der Waals surface area contributed by atoms with Crippen LogP contribution in [0.25, 0.3) is 0 Å². The molecule has 0 aromatic rings. The number of fused-ring (bicyclic) bond motifs is 1. The predicted molar refractivity (Wildman–Crippen MR) is 52.7 cm³/mol. The topological polar surface area (TPSA) is 71.4 Å². The molecule has 0 radical (unpaired) electrons. The minimum atomic E-state index is -0.433. The van der Waals surface area contributed by atoms with E-state index in [9.17, 15) is 0 Å². The van der Waals surface area contributed by atoms with Crippen LogP contribution in [0, 0.1) is 11.8 Å². The molecule has 94 valence electrons. The summed E-state index contributed by atoms with van der Waals surface area (Å²) in [7, 11) is 0. The van der Waals surface area contributed by atoms with Crippen molar-refractivity contribution in [1.82, 2.24) is 5.39 Å². The fourth-order valence-electron chi connectivity index (χ4n) is 2.56. The molecule has 0 aliphatic carbocycles. The molecule has 2 heterocycles. The maximum atomic E-state index is 8.60. The first kappa shape index (κ1) is 12.2. The highest BCUT2D eigenvalue weighted by Crippen LogP contribution is 2.35. The van der Waals surface area contributed by atoms with Crippen molar-refractivity contribution in [3.05, 3.63) is 0 Å². The van der Waals surface area contributed by atoms with Crippen molar-refractivity contribution >= 4 is 0 Å². The van der Waals surface area contributed by atoms with Crippen LogP contribution >= 0.6 is 0 Å². The Labute approximate surface area is 94.6 Å². The summed E-state index contributed by atoms with van der Waals surface area (Å²) in [4.78, 5) is 4.77. The minimum Gasteiger partial charge on any atom is -0.372 e. The first-order valence-electron chi connectivity index (χ1n) is 5.65. The summed E-state index contributed by atoms with van der Waals surface area (Å²) < 4.78 is 11.2. The van der Waals surface area contributed by atoms with Gasteiger partial charge in [-0.1, -0.05) is 13.8 Å². The number of nitrogens with zero attached hydrogens (tertiary/aromatic N) is 1. The molecule has 6 nitrogen and oxygen atoms in total. The molecule has 2 aliphatic rings. The highest BCUT2D eigenvalue weighted by atomic mass is 17.1. The SMILES string of the molecule is CC(C)CC1COC2C(ON(O)O)COC12. The minimum absolute atomic E-state index is 0.0207. The van der Waals surface area contributed by atoms with Gasteiger partial charge in [0.05, 0.1) is 24.7 Å². The maximum Gasteiger partial charge on any atom is 0.136 e. The zero-order valence-corrected chi connectivity index (χ0v) is 9.57. The van der Waals surface area contributed by atoms with Crippen LogP contribution in [-0.4, -0.2) is 47.3 Å². The van der Waals surface area contributed by atoms with Crippen molar-refractivity contribution in [2.75, 3.05) is 13.2 Å². The van der Waals surface area contributed by atoms with E-state index in [0.29, 0.717) is 25.0 Å². The standard InChI is InChI=1S/C10H19NO5/c1-6(2)3-7-4-14-10-8(16-11(12)13)5-15-9(7)10/h6-10,12-13H,3-5H2,1-2H3. The van der Waals surface area contributed by atoms with Gasteiger partial charge in [-0.05, 0) is 12.3 Å². The second-order valence-electron chi connectivity index (χ2n) is 4.88. The number of hydrogen-bond donors (Lipinski definition) is 2. The van der Waals surface area contributed by atoms with Gasteiger partial charge in [0, 0.05) is 5.92 Å². The molecule has 0 saturated carbocycles. The van der Waals surface area contributed by atoms with E-state index in [2.05, 4.69) is 13.8 Å². The van der Waals surface area contributed by atoms with Crippen LogP contribution in [0.2, 0.25) is 0 Å². The van der Waals surface area contributed by atoms with Crippen molar-refractivity contribution < 1.29 is 24.7 Å². The zero-order chi connectivity index (χ0) is 11.7. The second kappa shape index (κ2) is 4.95. The summed E-state index contributed by atoms with van der Waals surface area (Å²) >= 11 is 0. The number of ether oxygens (including phenoxy) is 2. The second-order valence-corrected chi connectivity index (χ2v) is 4.88. The predicted octanol–water partition coefficient (Wildman–Crippen LogP) is 0.827. The van der Waals surface area contributed by atoms with Gasteiger partial charge in [-0.15, -0.1) is 0 Å². The van der Waals surface area contributed by atoms with Crippen LogP contribution in [0.3, 0.4) is 0 Å². The van der Waals surface area contributed by atoms with Crippen LogP contribution in [-0.2, 0) is 14.3 Å². The van der Waals surface area contributed by atoms with Crippen molar-refractivity contribution in [1.29, 1.82) is 0 Å². The first-order chi connectivity index (χ1) is 7.58. The summed E-state index contributed by atoms with van der Waals surface area (Å²) in [5.74, 6) is 0.979.